The number of rotatable bonds is 5. The first-order valence-corrected chi connectivity index (χ1v) is 8.23. The molecule has 5 heteroatoms. The summed E-state index contributed by atoms with van der Waals surface area (Å²) < 4.78 is 1.07. The summed E-state index contributed by atoms with van der Waals surface area (Å²) in [5, 5.41) is 3.52. The van der Waals surface area contributed by atoms with E-state index >= 15 is 0 Å². The molecule has 20 heavy (non-hydrogen) atoms. The summed E-state index contributed by atoms with van der Waals surface area (Å²) in [5.41, 5.74) is 0.628. The highest BCUT2D eigenvalue weighted by Gasteiger charge is 2.04. The van der Waals surface area contributed by atoms with Crippen molar-refractivity contribution in [1.82, 2.24) is 5.32 Å². The van der Waals surface area contributed by atoms with Crippen molar-refractivity contribution in [3.8, 4) is 0 Å². The van der Waals surface area contributed by atoms with Gasteiger partial charge in [0.05, 0.1) is 0 Å². The fourth-order valence-electron chi connectivity index (χ4n) is 1.57. The molecule has 2 nitrogen and oxygen atoms in total. The predicted octanol–water partition coefficient (Wildman–Crippen LogP) is 4.62. The molecule has 1 N–H and O–H groups in total. The van der Waals surface area contributed by atoms with Crippen LogP contribution < -0.4 is 5.32 Å². The second-order valence-corrected chi connectivity index (χ2v) is 6.59. The van der Waals surface area contributed by atoms with Crippen LogP contribution in [0.15, 0.2) is 57.9 Å². The quantitative estimate of drug-likeness (QED) is 0.614. The Balaban J connectivity index is 1.74. The molecule has 0 saturated heterocycles. The molecule has 0 aliphatic rings. The number of benzene rings is 2. The largest absolute Gasteiger partial charge is 0.351 e. The number of carbonyl (C=O) groups excluding carboxylic acids is 1. The van der Waals surface area contributed by atoms with E-state index in [0.29, 0.717) is 17.1 Å². The van der Waals surface area contributed by atoms with E-state index in [-0.39, 0.29) is 5.91 Å². The maximum atomic E-state index is 11.8. The summed E-state index contributed by atoms with van der Waals surface area (Å²) >= 11 is 10.9. The van der Waals surface area contributed by atoms with E-state index in [9.17, 15) is 4.79 Å². The van der Waals surface area contributed by atoms with E-state index in [0.717, 1.165) is 10.2 Å². The van der Waals surface area contributed by atoms with Crippen molar-refractivity contribution >= 4 is 45.2 Å². The minimum atomic E-state index is -0.0712. The molecule has 104 valence electrons. The number of halogens is 2. The molecule has 0 radical (unpaired) electrons. The highest BCUT2D eigenvalue weighted by molar-refractivity contribution is 9.10. The molecule has 0 spiro atoms. The summed E-state index contributed by atoms with van der Waals surface area (Å²) in [5.74, 6) is 0.763. The van der Waals surface area contributed by atoms with Crippen LogP contribution in [0.5, 0.6) is 0 Å². The molecule has 2 rings (SSSR count). The van der Waals surface area contributed by atoms with Gasteiger partial charge in [0.15, 0.2) is 0 Å². The van der Waals surface area contributed by atoms with E-state index in [1.165, 1.54) is 4.90 Å². The van der Waals surface area contributed by atoms with Crippen LogP contribution >= 0.6 is 39.3 Å². The van der Waals surface area contributed by atoms with Gasteiger partial charge in [0.2, 0.25) is 0 Å². The molecule has 0 fully saturated rings. The molecule has 0 heterocycles. The van der Waals surface area contributed by atoms with Gasteiger partial charge in [-0.05, 0) is 48.5 Å². The fourth-order valence-corrected chi connectivity index (χ4v) is 2.73. The van der Waals surface area contributed by atoms with Crippen LogP contribution in [0, 0.1) is 0 Å². The van der Waals surface area contributed by atoms with Crippen molar-refractivity contribution in [2.75, 3.05) is 12.3 Å². The lowest BCUT2D eigenvalue weighted by Crippen LogP contribution is -2.25. The van der Waals surface area contributed by atoms with Crippen LogP contribution in [-0.2, 0) is 0 Å². The third-order valence-corrected chi connectivity index (χ3v) is 4.37. The first kappa shape index (κ1) is 15.4. The van der Waals surface area contributed by atoms with E-state index in [4.69, 9.17) is 11.6 Å². The molecule has 0 aliphatic carbocycles. The fraction of sp³-hybridized carbons (Fsp3) is 0.133. The number of amides is 1. The minimum absolute atomic E-state index is 0.0712. The van der Waals surface area contributed by atoms with E-state index in [1.54, 1.807) is 36.0 Å². The standard InChI is InChI=1S/C15H13BrClNOS/c16-12-3-7-14(8-4-12)20-10-9-18-15(19)11-1-5-13(17)6-2-11/h1-8H,9-10H2,(H,18,19). The van der Waals surface area contributed by atoms with Crippen LogP contribution in [0.3, 0.4) is 0 Å². The monoisotopic (exact) mass is 369 g/mol. The number of hydrogen-bond donors (Lipinski definition) is 1. The molecular formula is C15H13BrClNOS. The second-order valence-electron chi connectivity index (χ2n) is 4.07. The van der Waals surface area contributed by atoms with Gasteiger partial charge in [-0.1, -0.05) is 27.5 Å². The topological polar surface area (TPSA) is 29.1 Å². The van der Waals surface area contributed by atoms with Crippen molar-refractivity contribution in [2.45, 2.75) is 4.90 Å². The zero-order chi connectivity index (χ0) is 14.4. The maximum absolute atomic E-state index is 11.8. The van der Waals surface area contributed by atoms with Crippen LogP contribution in [0.2, 0.25) is 5.02 Å². The Morgan fingerprint density at radius 1 is 1.10 bits per heavy atom. The van der Waals surface area contributed by atoms with Gasteiger partial charge < -0.3 is 5.32 Å². The van der Waals surface area contributed by atoms with E-state index in [2.05, 4.69) is 33.4 Å². The Hall–Kier alpha value is -0.970. The van der Waals surface area contributed by atoms with Gasteiger partial charge in [0.25, 0.3) is 5.91 Å². The predicted molar refractivity (Wildman–Crippen MR) is 88.7 cm³/mol. The van der Waals surface area contributed by atoms with Crippen LogP contribution in [-0.4, -0.2) is 18.2 Å². The van der Waals surface area contributed by atoms with Crippen molar-refractivity contribution in [2.24, 2.45) is 0 Å². The lowest BCUT2D eigenvalue weighted by atomic mass is 10.2. The molecular weight excluding hydrogens is 358 g/mol. The van der Waals surface area contributed by atoms with Gasteiger partial charge >= 0.3 is 0 Å². The summed E-state index contributed by atoms with van der Waals surface area (Å²) in [6, 6.07) is 15.0. The van der Waals surface area contributed by atoms with Gasteiger partial charge in [0.1, 0.15) is 0 Å². The molecule has 0 bridgehead atoms. The first-order chi connectivity index (χ1) is 9.65. The molecule has 0 aliphatic heterocycles. The lowest BCUT2D eigenvalue weighted by molar-refractivity contribution is 0.0956. The third-order valence-electron chi connectivity index (χ3n) is 2.58. The molecule has 1 amide bonds. The Morgan fingerprint density at radius 3 is 2.40 bits per heavy atom. The summed E-state index contributed by atoms with van der Waals surface area (Å²) in [4.78, 5) is 13.0. The highest BCUT2D eigenvalue weighted by atomic mass is 79.9. The number of nitrogens with one attached hydrogen (secondary N) is 1. The number of carbonyl (C=O) groups is 1. The zero-order valence-electron chi connectivity index (χ0n) is 10.6. The molecule has 0 aromatic heterocycles. The summed E-state index contributed by atoms with van der Waals surface area (Å²) in [6.45, 7) is 0.627. The van der Waals surface area contributed by atoms with Gasteiger partial charge in [0, 0.05) is 32.3 Å². The van der Waals surface area contributed by atoms with E-state index < -0.39 is 0 Å². The van der Waals surface area contributed by atoms with Crippen LogP contribution in [0.1, 0.15) is 10.4 Å². The lowest BCUT2D eigenvalue weighted by Gasteiger charge is -2.05. The Morgan fingerprint density at radius 2 is 1.75 bits per heavy atom. The smallest absolute Gasteiger partial charge is 0.251 e. The Bertz CT molecular complexity index is 571. The van der Waals surface area contributed by atoms with Crippen molar-refractivity contribution in [3.05, 3.63) is 63.6 Å². The third kappa shape index (κ3) is 4.85. The average molecular weight is 371 g/mol. The zero-order valence-corrected chi connectivity index (χ0v) is 13.8. The van der Waals surface area contributed by atoms with Crippen molar-refractivity contribution < 1.29 is 4.79 Å². The van der Waals surface area contributed by atoms with Gasteiger partial charge in [-0.25, -0.2) is 0 Å². The van der Waals surface area contributed by atoms with E-state index in [1.807, 2.05) is 12.1 Å². The average Bonchev–Trinajstić information content (AvgIpc) is 2.46. The summed E-state index contributed by atoms with van der Waals surface area (Å²) in [6.07, 6.45) is 0. The first-order valence-electron chi connectivity index (χ1n) is 6.07. The number of hydrogen-bond acceptors (Lipinski definition) is 2. The maximum Gasteiger partial charge on any atom is 0.251 e. The molecule has 0 atom stereocenters. The normalized spacial score (nSPS) is 10.3. The van der Waals surface area contributed by atoms with Crippen molar-refractivity contribution in [1.29, 1.82) is 0 Å². The molecule has 0 unspecified atom stereocenters. The molecule has 2 aromatic carbocycles. The van der Waals surface area contributed by atoms with Crippen molar-refractivity contribution in [3.63, 3.8) is 0 Å². The Kier molecular flexibility index (Phi) is 5.95. The second kappa shape index (κ2) is 7.72. The molecule has 0 saturated carbocycles. The van der Waals surface area contributed by atoms with Gasteiger partial charge in [-0.15, -0.1) is 11.8 Å². The van der Waals surface area contributed by atoms with Crippen LogP contribution in [0.25, 0.3) is 0 Å². The summed E-state index contributed by atoms with van der Waals surface area (Å²) in [7, 11) is 0. The Labute approximate surface area is 136 Å². The molecule has 2 aromatic rings. The SMILES string of the molecule is O=C(NCCSc1ccc(Br)cc1)c1ccc(Cl)cc1. The minimum Gasteiger partial charge on any atom is -0.351 e. The van der Waals surface area contributed by atoms with Crippen LogP contribution in [0.4, 0.5) is 0 Å². The highest BCUT2D eigenvalue weighted by Crippen LogP contribution is 2.20. The van der Waals surface area contributed by atoms with Gasteiger partial charge in [-0.2, -0.15) is 0 Å². The number of thioether (sulfide) groups is 1. The van der Waals surface area contributed by atoms with Gasteiger partial charge in [-0.3, -0.25) is 4.79 Å².